The summed E-state index contributed by atoms with van der Waals surface area (Å²) in [4.78, 5) is 17.1. The summed E-state index contributed by atoms with van der Waals surface area (Å²) in [7, 11) is 4.98. The molecule has 1 aromatic carbocycles. The Kier molecular flexibility index (Phi) is 4.76. The zero-order valence-corrected chi connectivity index (χ0v) is 12.3. The average molecular weight is 290 g/mol. The molecule has 7 nitrogen and oxygen atoms in total. The summed E-state index contributed by atoms with van der Waals surface area (Å²) in [6.07, 6.45) is 0.489. The number of hydrogen-bond acceptors (Lipinski definition) is 5. The molecular formula is C14H18N4O3. The minimum Gasteiger partial charge on any atom is -0.497 e. The van der Waals surface area contributed by atoms with Crippen LogP contribution >= 0.6 is 0 Å². The molecule has 0 aliphatic carbocycles. The maximum Gasteiger partial charge on any atom is 0.316 e. The number of carbonyl (C=O) groups is 1. The van der Waals surface area contributed by atoms with E-state index in [0.29, 0.717) is 24.7 Å². The van der Waals surface area contributed by atoms with E-state index in [1.165, 1.54) is 4.90 Å². The quantitative estimate of drug-likeness (QED) is 0.903. The molecular weight excluding hydrogens is 272 g/mol. The zero-order chi connectivity index (χ0) is 15.2. The van der Waals surface area contributed by atoms with Crippen molar-refractivity contribution in [3.8, 4) is 17.1 Å². The van der Waals surface area contributed by atoms with Gasteiger partial charge in [-0.1, -0.05) is 5.16 Å². The molecule has 2 aromatic rings. The molecule has 0 saturated carbocycles. The van der Waals surface area contributed by atoms with Crippen LogP contribution in [0.4, 0.5) is 4.79 Å². The van der Waals surface area contributed by atoms with E-state index in [1.54, 1.807) is 21.2 Å². The number of hydrogen-bond donors (Lipinski definition) is 1. The minimum atomic E-state index is -0.148. The SMILES string of the molecule is COc1ccc(-c2noc(CCNC(=O)N(C)C)n2)cc1. The summed E-state index contributed by atoms with van der Waals surface area (Å²) in [6.45, 7) is 0.446. The van der Waals surface area contributed by atoms with Gasteiger partial charge in [0.1, 0.15) is 5.75 Å². The molecule has 0 aliphatic heterocycles. The van der Waals surface area contributed by atoms with Gasteiger partial charge in [0, 0.05) is 32.6 Å². The van der Waals surface area contributed by atoms with Gasteiger partial charge in [0.15, 0.2) is 0 Å². The van der Waals surface area contributed by atoms with E-state index in [2.05, 4.69) is 15.5 Å². The molecule has 1 N–H and O–H groups in total. The van der Waals surface area contributed by atoms with E-state index in [9.17, 15) is 4.79 Å². The number of carbonyl (C=O) groups excluding carboxylic acids is 1. The van der Waals surface area contributed by atoms with E-state index < -0.39 is 0 Å². The Morgan fingerprint density at radius 3 is 2.67 bits per heavy atom. The third-order valence-electron chi connectivity index (χ3n) is 2.84. The molecule has 0 bridgehead atoms. The van der Waals surface area contributed by atoms with Crippen molar-refractivity contribution >= 4 is 6.03 Å². The summed E-state index contributed by atoms with van der Waals surface area (Å²) >= 11 is 0. The second kappa shape index (κ2) is 6.74. The Hall–Kier alpha value is -2.57. The fourth-order valence-electron chi connectivity index (χ4n) is 1.65. The summed E-state index contributed by atoms with van der Waals surface area (Å²) in [5, 5.41) is 6.66. The molecule has 112 valence electrons. The highest BCUT2D eigenvalue weighted by Gasteiger charge is 2.09. The monoisotopic (exact) mass is 290 g/mol. The van der Waals surface area contributed by atoms with E-state index >= 15 is 0 Å². The Labute approximate surface area is 122 Å². The summed E-state index contributed by atoms with van der Waals surface area (Å²) < 4.78 is 10.3. The second-order valence-corrected chi connectivity index (χ2v) is 4.62. The highest BCUT2D eigenvalue weighted by Crippen LogP contribution is 2.19. The molecule has 0 saturated heterocycles. The number of nitrogens with one attached hydrogen (secondary N) is 1. The van der Waals surface area contributed by atoms with Crippen LogP contribution < -0.4 is 10.1 Å². The number of amides is 2. The molecule has 0 unspecified atom stereocenters. The smallest absolute Gasteiger partial charge is 0.316 e. The number of ether oxygens (including phenoxy) is 1. The number of methoxy groups -OCH3 is 1. The topological polar surface area (TPSA) is 80.5 Å². The van der Waals surface area contributed by atoms with Crippen LogP contribution in [0.1, 0.15) is 5.89 Å². The molecule has 0 atom stereocenters. The van der Waals surface area contributed by atoms with Gasteiger partial charge in [0.25, 0.3) is 0 Å². The van der Waals surface area contributed by atoms with Crippen LogP contribution in [0.3, 0.4) is 0 Å². The molecule has 0 aliphatic rings. The van der Waals surface area contributed by atoms with Gasteiger partial charge in [-0.3, -0.25) is 0 Å². The maximum absolute atomic E-state index is 11.4. The number of aromatic nitrogens is 2. The fourth-order valence-corrected chi connectivity index (χ4v) is 1.65. The van der Waals surface area contributed by atoms with Crippen LogP contribution in [0, 0.1) is 0 Å². The van der Waals surface area contributed by atoms with E-state index in [-0.39, 0.29) is 6.03 Å². The molecule has 1 heterocycles. The zero-order valence-electron chi connectivity index (χ0n) is 12.3. The van der Waals surface area contributed by atoms with Crippen molar-refractivity contribution in [1.29, 1.82) is 0 Å². The lowest BCUT2D eigenvalue weighted by Crippen LogP contribution is -2.35. The Balaban J connectivity index is 1.93. The largest absolute Gasteiger partial charge is 0.497 e. The molecule has 7 heteroatoms. The predicted octanol–water partition coefficient (Wildman–Crippen LogP) is 1.56. The first kappa shape index (κ1) is 14.8. The van der Waals surface area contributed by atoms with Gasteiger partial charge in [0.05, 0.1) is 7.11 Å². The molecule has 2 amide bonds. The van der Waals surface area contributed by atoms with Crippen LogP contribution in [0.15, 0.2) is 28.8 Å². The Bertz CT molecular complexity index is 593. The van der Waals surface area contributed by atoms with Crippen LogP contribution in [0.5, 0.6) is 5.75 Å². The number of urea groups is 1. The van der Waals surface area contributed by atoms with E-state index in [0.717, 1.165) is 11.3 Å². The lowest BCUT2D eigenvalue weighted by Gasteiger charge is -2.10. The number of benzene rings is 1. The summed E-state index contributed by atoms with van der Waals surface area (Å²) in [5.74, 6) is 1.78. The molecule has 1 aromatic heterocycles. The minimum absolute atomic E-state index is 0.148. The van der Waals surface area contributed by atoms with Crippen molar-refractivity contribution in [2.45, 2.75) is 6.42 Å². The molecule has 2 rings (SSSR count). The molecule has 0 spiro atoms. The molecule has 0 radical (unpaired) electrons. The highest BCUT2D eigenvalue weighted by molar-refractivity contribution is 5.73. The lowest BCUT2D eigenvalue weighted by atomic mass is 10.2. The number of rotatable bonds is 5. The third kappa shape index (κ3) is 3.95. The van der Waals surface area contributed by atoms with E-state index in [4.69, 9.17) is 9.26 Å². The van der Waals surface area contributed by atoms with Gasteiger partial charge >= 0.3 is 6.03 Å². The normalized spacial score (nSPS) is 10.2. The van der Waals surface area contributed by atoms with Crippen LogP contribution in [0.2, 0.25) is 0 Å². The van der Waals surface area contributed by atoms with Gasteiger partial charge in [-0.05, 0) is 24.3 Å². The molecule has 0 fully saturated rings. The lowest BCUT2D eigenvalue weighted by molar-refractivity contribution is 0.217. The second-order valence-electron chi connectivity index (χ2n) is 4.62. The number of nitrogens with zero attached hydrogens (tertiary/aromatic N) is 3. The molecule has 21 heavy (non-hydrogen) atoms. The van der Waals surface area contributed by atoms with Gasteiger partial charge in [-0.2, -0.15) is 4.98 Å². The first-order valence-electron chi connectivity index (χ1n) is 6.52. The average Bonchev–Trinajstić information content (AvgIpc) is 2.96. The van der Waals surface area contributed by atoms with Crippen molar-refractivity contribution in [2.75, 3.05) is 27.7 Å². The standard InChI is InChI=1S/C14H18N4O3/c1-18(2)14(19)15-9-8-12-16-13(17-21-12)10-4-6-11(20-3)7-5-10/h4-7H,8-9H2,1-3H3,(H,15,19). The van der Waals surface area contributed by atoms with Crippen LogP contribution in [-0.2, 0) is 6.42 Å². The summed E-state index contributed by atoms with van der Waals surface area (Å²) in [6, 6.07) is 7.25. The van der Waals surface area contributed by atoms with Crippen molar-refractivity contribution in [3.05, 3.63) is 30.2 Å². The maximum atomic E-state index is 11.4. The van der Waals surface area contributed by atoms with Crippen LogP contribution in [0.25, 0.3) is 11.4 Å². The van der Waals surface area contributed by atoms with Crippen molar-refractivity contribution in [1.82, 2.24) is 20.4 Å². The first-order valence-corrected chi connectivity index (χ1v) is 6.52. The third-order valence-corrected chi connectivity index (χ3v) is 2.84. The van der Waals surface area contributed by atoms with E-state index in [1.807, 2.05) is 24.3 Å². The fraction of sp³-hybridized carbons (Fsp3) is 0.357. The first-order chi connectivity index (χ1) is 10.1. The van der Waals surface area contributed by atoms with Gasteiger partial charge < -0.3 is 19.5 Å². The van der Waals surface area contributed by atoms with Gasteiger partial charge in [0.2, 0.25) is 11.7 Å². The van der Waals surface area contributed by atoms with Crippen LogP contribution in [-0.4, -0.2) is 48.8 Å². The van der Waals surface area contributed by atoms with Gasteiger partial charge in [-0.15, -0.1) is 0 Å². The highest BCUT2D eigenvalue weighted by atomic mass is 16.5. The van der Waals surface area contributed by atoms with Crippen molar-refractivity contribution in [2.24, 2.45) is 0 Å². The van der Waals surface area contributed by atoms with Crippen molar-refractivity contribution in [3.63, 3.8) is 0 Å². The Morgan fingerprint density at radius 2 is 2.05 bits per heavy atom. The Morgan fingerprint density at radius 1 is 1.33 bits per heavy atom. The summed E-state index contributed by atoms with van der Waals surface area (Å²) in [5.41, 5.74) is 0.850. The predicted molar refractivity (Wildman–Crippen MR) is 77.1 cm³/mol. The van der Waals surface area contributed by atoms with Crippen molar-refractivity contribution < 1.29 is 14.1 Å². The van der Waals surface area contributed by atoms with Gasteiger partial charge in [-0.25, -0.2) is 4.79 Å².